The highest BCUT2D eigenvalue weighted by atomic mass is 17.1. The Bertz CT molecular complexity index is 541. The molecular weight excluding hydrogens is 344 g/mol. The summed E-state index contributed by atoms with van der Waals surface area (Å²) in [5.74, 6) is -1.08. The first-order chi connectivity index (χ1) is 13.1. The van der Waals surface area contributed by atoms with Crippen LogP contribution in [0.3, 0.4) is 0 Å². The zero-order valence-electron chi connectivity index (χ0n) is 15.9. The van der Waals surface area contributed by atoms with E-state index in [1.54, 1.807) is 30.4 Å². The topological polar surface area (TPSA) is 89.8 Å². The lowest BCUT2D eigenvalue weighted by Gasteiger charge is -2.04. The summed E-state index contributed by atoms with van der Waals surface area (Å²) >= 11 is 0. The maximum Gasteiger partial charge on any atom is 0.115 e. The largest absolute Gasteiger partial charge is 0.550 e. The molecule has 0 aliphatic rings. The molecule has 0 aromatic carbocycles. The van der Waals surface area contributed by atoms with Gasteiger partial charge in [-0.15, -0.1) is 0 Å². The number of carboxylic acids is 1. The number of aliphatic carboxylic acids is 1. The highest BCUT2D eigenvalue weighted by Crippen LogP contribution is 2.02. The van der Waals surface area contributed by atoms with Crippen molar-refractivity contribution in [3.8, 4) is 0 Å². The molecule has 0 heterocycles. The molecule has 0 saturated carbocycles. The number of aliphatic hydroxyl groups is 1. The average Bonchev–Trinajstić information content (AvgIpc) is 2.64. The van der Waals surface area contributed by atoms with Crippen LogP contribution in [-0.2, 0) is 9.68 Å². The van der Waals surface area contributed by atoms with Crippen molar-refractivity contribution in [1.29, 1.82) is 0 Å². The molecule has 0 aromatic rings. The van der Waals surface area contributed by atoms with Crippen LogP contribution in [0, 0.1) is 0 Å². The van der Waals surface area contributed by atoms with Crippen LogP contribution in [-0.4, -0.2) is 28.5 Å². The molecule has 5 heteroatoms. The fourth-order valence-electron chi connectivity index (χ4n) is 1.96. The van der Waals surface area contributed by atoms with Crippen molar-refractivity contribution in [2.75, 3.05) is 0 Å². The second kappa shape index (κ2) is 18.6. The summed E-state index contributed by atoms with van der Waals surface area (Å²) in [6, 6.07) is 0. The van der Waals surface area contributed by atoms with Crippen molar-refractivity contribution in [3.63, 3.8) is 0 Å². The predicted octanol–water partition coefficient (Wildman–Crippen LogP) is 3.65. The monoisotopic (exact) mass is 375 g/mol. The van der Waals surface area contributed by atoms with E-state index < -0.39 is 18.2 Å². The number of rotatable bonds is 15. The summed E-state index contributed by atoms with van der Waals surface area (Å²) in [5.41, 5.74) is 0. The third-order valence-corrected chi connectivity index (χ3v) is 3.39. The Morgan fingerprint density at radius 3 is 2.26 bits per heavy atom. The van der Waals surface area contributed by atoms with Gasteiger partial charge in [-0.1, -0.05) is 79.8 Å². The lowest BCUT2D eigenvalue weighted by Crippen LogP contribution is -2.21. The number of carbonyl (C=O) groups excluding carboxylic acids is 1. The van der Waals surface area contributed by atoms with E-state index >= 15 is 0 Å². The fraction of sp³-hybridized carbons (Fsp3) is 0.409. The van der Waals surface area contributed by atoms with Crippen LogP contribution < -0.4 is 5.11 Å². The van der Waals surface area contributed by atoms with E-state index in [0.29, 0.717) is 19.3 Å². The van der Waals surface area contributed by atoms with Gasteiger partial charge < -0.3 is 15.0 Å². The predicted molar refractivity (Wildman–Crippen MR) is 107 cm³/mol. The molecule has 5 nitrogen and oxygen atoms in total. The van der Waals surface area contributed by atoms with Gasteiger partial charge in [-0.25, -0.2) is 4.89 Å². The molecule has 0 saturated heterocycles. The van der Waals surface area contributed by atoms with E-state index in [0.717, 1.165) is 12.8 Å². The fourth-order valence-corrected chi connectivity index (χ4v) is 1.96. The number of carbonyl (C=O) groups is 1. The van der Waals surface area contributed by atoms with Crippen molar-refractivity contribution in [2.24, 2.45) is 0 Å². The first kappa shape index (κ1) is 24.8. The molecule has 27 heavy (non-hydrogen) atoms. The summed E-state index contributed by atoms with van der Waals surface area (Å²) in [4.78, 5) is 14.6. The number of carboxylic acid groups (broad SMARTS) is 1. The van der Waals surface area contributed by atoms with Crippen LogP contribution in [0.4, 0.5) is 0 Å². The minimum atomic E-state index is -1.08. The Balaban J connectivity index is 4.00. The Hall–Kier alpha value is -2.21. The lowest BCUT2D eigenvalue weighted by molar-refractivity contribution is -0.305. The van der Waals surface area contributed by atoms with E-state index in [9.17, 15) is 15.0 Å². The number of hydrogen-bond acceptors (Lipinski definition) is 5. The van der Waals surface area contributed by atoms with Crippen LogP contribution in [0.25, 0.3) is 0 Å². The number of hydrogen-bond donors (Lipinski definition) is 2. The highest BCUT2D eigenvalue weighted by Gasteiger charge is 1.99. The van der Waals surface area contributed by atoms with E-state index in [4.69, 9.17) is 5.26 Å². The molecule has 0 bridgehead atoms. The van der Waals surface area contributed by atoms with Gasteiger partial charge in [0.05, 0.1) is 6.10 Å². The number of allylic oxidation sites excluding steroid dienone is 8. The van der Waals surface area contributed by atoms with Gasteiger partial charge in [0.1, 0.15) is 6.10 Å². The Kier molecular flexibility index (Phi) is 17.1. The van der Waals surface area contributed by atoms with E-state index in [-0.39, 0.29) is 6.42 Å². The third-order valence-electron chi connectivity index (χ3n) is 3.39. The second-order valence-electron chi connectivity index (χ2n) is 5.81. The average molecular weight is 375 g/mol. The lowest BCUT2D eigenvalue weighted by atomic mass is 10.2. The quantitative estimate of drug-likeness (QED) is 0.197. The Labute approximate surface area is 162 Å². The third kappa shape index (κ3) is 18.4. The molecule has 0 aliphatic heterocycles. The molecule has 0 fully saturated rings. The smallest absolute Gasteiger partial charge is 0.115 e. The van der Waals surface area contributed by atoms with Crippen molar-refractivity contribution in [3.05, 3.63) is 72.9 Å². The molecule has 0 rings (SSSR count). The van der Waals surface area contributed by atoms with Crippen molar-refractivity contribution in [2.45, 2.75) is 57.7 Å². The van der Waals surface area contributed by atoms with Gasteiger partial charge in [0, 0.05) is 5.97 Å². The van der Waals surface area contributed by atoms with Crippen LogP contribution >= 0.6 is 0 Å². The molecule has 0 radical (unpaired) electrons. The molecular formula is C22H31O5-. The molecule has 2 N–H and O–H groups in total. The Morgan fingerprint density at radius 1 is 0.963 bits per heavy atom. The normalized spacial score (nSPS) is 15.4. The summed E-state index contributed by atoms with van der Waals surface area (Å²) in [5, 5.41) is 28.8. The van der Waals surface area contributed by atoms with Gasteiger partial charge in [-0.05, 0) is 38.5 Å². The van der Waals surface area contributed by atoms with Crippen molar-refractivity contribution in [1.82, 2.24) is 0 Å². The summed E-state index contributed by atoms with van der Waals surface area (Å²) in [6.07, 6.45) is 24.5. The molecule has 150 valence electrons. The summed E-state index contributed by atoms with van der Waals surface area (Å²) in [6.45, 7) is 2.06. The van der Waals surface area contributed by atoms with Crippen molar-refractivity contribution >= 4 is 5.97 Å². The van der Waals surface area contributed by atoms with Gasteiger partial charge in [0.2, 0.25) is 0 Å². The SMILES string of the molecule is CC/C=C\C[C@H](O)/C=C/C=C\C/C=C\C=C\[C@H](C/C=C\CCC(=O)[O-])OO. The van der Waals surface area contributed by atoms with Gasteiger partial charge in [-0.2, -0.15) is 0 Å². The van der Waals surface area contributed by atoms with E-state index in [2.05, 4.69) is 11.8 Å². The van der Waals surface area contributed by atoms with Crippen LogP contribution in [0.15, 0.2) is 72.9 Å². The summed E-state index contributed by atoms with van der Waals surface area (Å²) in [7, 11) is 0. The van der Waals surface area contributed by atoms with Gasteiger partial charge in [0.25, 0.3) is 0 Å². The molecule has 0 amide bonds. The van der Waals surface area contributed by atoms with Crippen molar-refractivity contribution < 1.29 is 25.2 Å². The second-order valence-corrected chi connectivity index (χ2v) is 5.81. The zero-order valence-corrected chi connectivity index (χ0v) is 15.9. The maximum absolute atomic E-state index is 10.3. The number of aliphatic hydroxyl groups excluding tert-OH is 1. The minimum absolute atomic E-state index is 0.0166. The van der Waals surface area contributed by atoms with Gasteiger partial charge in [-0.3, -0.25) is 5.26 Å². The molecule has 0 spiro atoms. The molecule has 0 aliphatic carbocycles. The Morgan fingerprint density at radius 2 is 1.63 bits per heavy atom. The standard InChI is InChI=1S/C22H32O5/c1-2-3-10-15-20(23)16-11-7-5-4-6-8-12-17-21(27-26)18-13-9-14-19-22(24)25/h3,5-13,16-17,20-21,23,26H,2,4,14-15,18-19H2,1H3,(H,24,25)/p-1/b7-5-,8-6-,10-3-,13-9-,16-11+,17-12+/t20-,21+/m0/s1. The summed E-state index contributed by atoms with van der Waals surface area (Å²) < 4.78 is 0. The van der Waals surface area contributed by atoms with E-state index in [1.807, 2.05) is 42.5 Å². The minimum Gasteiger partial charge on any atom is -0.550 e. The molecule has 0 unspecified atom stereocenters. The first-order valence-electron chi connectivity index (χ1n) is 9.24. The van der Waals surface area contributed by atoms with Crippen LogP contribution in [0.5, 0.6) is 0 Å². The van der Waals surface area contributed by atoms with Crippen LogP contribution in [0.1, 0.15) is 45.4 Å². The highest BCUT2D eigenvalue weighted by molar-refractivity contribution is 5.64. The van der Waals surface area contributed by atoms with Crippen LogP contribution in [0.2, 0.25) is 0 Å². The van der Waals surface area contributed by atoms with Gasteiger partial charge in [0.15, 0.2) is 0 Å². The molecule has 0 aromatic heterocycles. The molecule has 2 atom stereocenters. The first-order valence-corrected chi connectivity index (χ1v) is 9.24. The van der Waals surface area contributed by atoms with Gasteiger partial charge >= 0.3 is 0 Å². The van der Waals surface area contributed by atoms with E-state index in [1.165, 1.54) is 0 Å². The maximum atomic E-state index is 10.3. The zero-order chi connectivity index (χ0) is 20.2.